The van der Waals surface area contributed by atoms with Crippen molar-refractivity contribution in [3.63, 3.8) is 0 Å². The van der Waals surface area contributed by atoms with E-state index in [0.29, 0.717) is 11.6 Å². The lowest BCUT2D eigenvalue weighted by molar-refractivity contribution is 0.0994. The van der Waals surface area contributed by atoms with E-state index >= 15 is 0 Å². The minimum atomic E-state index is -0.431. The molecule has 1 amide bonds. The van der Waals surface area contributed by atoms with E-state index < -0.39 is 5.91 Å². The SMILES string of the molecule is Cc1nc(C)c(C(=O)Nc2cncc(Cl)n2)o1. The highest BCUT2D eigenvalue weighted by atomic mass is 35.5. The molecule has 88 valence electrons. The molecule has 0 radical (unpaired) electrons. The molecule has 6 nitrogen and oxygen atoms in total. The number of hydrogen-bond donors (Lipinski definition) is 1. The molecule has 0 aliphatic carbocycles. The normalized spacial score (nSPS) is 10.3. The number of oxazole rings is 1. The van der Waals surface area contributed by atoms with Gasteiger partial charge in [0.1, 0.15) is 5.15 Å². The van der Waals surface area contributed by atoms with Crippen molar-refractivity contribution in [2.24, 2.45) is 0 Å². The zero-order valence-electron chi connectivity index (χ0n) is 9.19. The fourth-order valence-corrected chi connectivity index (χ4v) is 1.46. The molecule has 0 spiro atoms. The summed E-state index contributed by atoms with van der Waals surface area (Å²) in [5.74, 6) is 0.421. The minimum absolute atomic E-state index is 0.157. The molecule has 1 N–H and O–H groups in total. The number of aromatic nitrogens is 3. The van der Waals surface area contributed by atoms with E-state index in [-0.39, 0.29) is 16.7 Å². The number of aryl methyl sites for hydroxylation is 2. The Labute approximate surface area is 102 Å². The number of rotatable bonds is 2. The summed E-state index contributed by atoms with van der Waals surface area (Å²) in [7, 11) is 0. The molecule has 0 aliphatic heterocycles. The lowest BCUT2D eigenvalue weighted by atomic mass is 10.3. The maximum absolute atomic E-state index is 11.8. The van der Waals surface area contributed by atoms with E-state index in [4.69, 9.17) is 16.0 Å². The molecule has 0 aromatic carbocycles. The highest BCUT2D eigenvalue weighted by molar-refractivity contribution is 6.29. The molecule has 0 unspecified atom stereocenters. The van der Waals surface area contributed by atoms with Gasteiger partial charge in [0.2, 0.25) is 5.76 Å². The third-order valence-corrected chi connectivity index (χ3v) is 2.14. The molecule has 0 saturated carbocycles. The Morgan fingerprint density at radius 3 is 2.71 bits per heavy atom. The summed E-state index contributed by atoms with van der Waals surface area (Å²) in [4.78, 5) is 23.5. The number of carbonyl (C=O) groups excluding carboxylic acids is 1. The number of anilines is 1. The number of nitrogens with one attached hydrogen (secondary N) is 1. The molecule has 0 bridgehead atoms. The first-order valence-corrected chi connectivity index (χ1v) is 5.17. The summed E-state index contributed by atoms with van der Waals surface area (Å²) in [5, 5.41) is 2.72. The van der Waals surface area contributed by atoms with Crippen LogP contribution in [0, 0.1) is 13.8 Å². The zero-order chi connectivity index (χ0) is 12.4. The van der Waals surface area contributed by atoms with Crippen LogP contribution in [0.1, 0.15) is 22.1 Å². The van der Waals surface area contributed by atoms with Gasteiger partial charge in [-0.2, -0.15) is 0 Å². The Hall–Kier alpha value is -1.95. The van der Waals surface area contributed by atoms with E-state index in [0.717, 1.165) is 0 Å². The van der Waals surface area contributed by atoms with Crippen LogP contribution in [0.25, 0.3) is 0 Å². The quantitative estimate of drug-likeness (QED) is 0.884. The average molecular weight is 253 g/mol. The van der Waals surface area contributed by atoms with Gasteiger partial charge in [-0.15, -0.1) is 0 Å². The van der Waals surface area contributed by atoms with Crippen molar-refractivity contribution in [3.8, 4) is 0 Å². The van der Waals surface area contributed by atoms with Crippen LogP contribution in [0.5, 0.6) is 0 Å². The largest absolute Gasteiger partial charge is 0.436 e. The monoisotopic (exact) mass is 252 g/mol. The minimum Gasteiger partial charge on any atom is -0.436 e. The van der Waals surface area contributed by atoms with E-state index in [1.54, 1.807) is 13.8 Å². The first-order chi connectivity index (χ1) is 8.06. The van der Waals surface area contributed by atoms with Crippen molar-refractivity contribution in [2.45, 2.75) is 13.8 Å². The van der Waals surface area contributed by atoms with Gasteiger partial charge in [-0.1, -0.05) is 11.6 Å². The van der Waals surface area contributed by atoms with E-state index in [9.17, 15) is 4.79 Å². The molecule has 2 heterocycles. The first-order valence-electron chi connectivity index (χ1n) is 4.79. The second kappa shape index (κ2) is 4.50. The summed E-state index contributed by atoms with van der Waals surface area (Å²) >= 11 is 5.65. The van der Waals surface area contributed by atoms with Crippen molar-refractivity contribution in [1.29, 1.82) is 0 Å². The summed E-state index contributed by atoms with van der Waals surface area (Å²) in [5.41, 5.74) is 0.523. The Bertz CT molecular complexity index is 567. The molecule has 2 rings (SSSR count). The molecule has 0 aliphatic rings. The lowest BCUT2D eigenvalue weighted by Crippen LogP contribution is -2.13. The third kappa shape index (κ3) is 2.59. The molecular formula is C10H9ClN4O2. The lowest BCUT2D eigenvalue weighted by Gasteiger charge is -2.01. The third-order valence-electron chi connectivity index (χ3n) is 1.96. The highest BCUT2D eigenvalue weighted by Crippen LogP contribution is 2.12. The molecule has 0 fully saturated rings. The molecular weight excluding hydrogens is 244 g/mol. The Kier molecular flexibility index (Phi) is 3.06. The van der Waals surface area contributed by atoms with E-state index in [1.807, 2.05) is 0 Å². The molecule has 2 aromatic rings. The van der Waals surface area contributed by atoms with Gasteiger partial charge in [0.25, 0.3) is 5.91 Å². The van der Waals surface area contributed by atoms with Crippen LogP contribution in [0.4, 0.5) is 5.82 Å². The predicted molar refractivity (Wildman–Crippen MR) is 61.0 cm³/mol. The van der Waals surface area contributed by atoms with Crippen molar-refractivity contribution in [2.75, 3.05) is 5.32 Å². The van der Waals surface area contributed by atoms with Crippen molar-refractivity contribution >= 4 is 23.3 Å². The number of nitrogens with zero attached hydrogens (tertiary/aromatic N) is 3. The Morgan fingerprint density at radius 1 is 1.35 bits per heavy atom. The van der Waals surface area contributed by atoms with Gasteiger partial charge in [-0.3, -0.25) is 9.78 Å². The number of amides is 1. The van der Waals surface area contributed by atoms with Gasteiger partial charge in [-0.05, 0) is 6.92 Å². The number of carbonyl (C=O) groups is 1. The number of halogens is 1. The highest BCUT2D eigenvalue weighted by Gasteiger charge is 2.16. The van der Waals surface area contributed by atoms with Crippen molar-refractivity contribution < 1.29 is 9.21 Å². The fourth-order valence-electron chi connectivity index (χ4n) is 1.32. The summed E-state index contributed by atoms with van der Waals surface area (Å²) < 4.78 is 5.17. The summed E-state index contributed by atoms with van der Waals surface area (Å²) in [6.45, 7) is 3.36. The average Bonchev–Trinajstić information content (AvgIpc) is 2.58. The van der Waals surface area contributed by atoms with Crippen LogP contribution in [-0.2, 0) is 0 Å². The van der Waals surface area contributed by atoms with Crippen LogP contribution in [-0.4, -0.2) is 20.9 Å². The second-order valence-corrected chi connectivity index (χ2v) is 3.72. The summed E-state index contributed by atoms with van der Waals surface area (Å²) in [6.07, 6.45) is 2.77. The van der Waals surface area contributed by atoms with Crippen LogP contribution in [0.3, 0.4) is 0 Å². The second-order valence-electron chi connectivity index (χ2n) is 3.33. The van der Waals surface area contributed by atoms with Gasteiger partial charge in [0.05, 0.1) is 18.1 Å². The first kappa shape index (κ1) is 11.5. The van der Waals surface area contributed by atoms with Crippen LogP contribution < -0.4 is 5.32 Å². The molecule has 0 atom stereocenters. The van der Waals surface area contributed by atoms with Gasteiger partial charge in [0, 0.05) is 6.92 Å². The molecule has 0 saturated heterocycles. The summed E-state index contributed by atoms with van der Waals surface area (Å²) in [6, 6.07) is 0. The van der Waals surface area contributed by atoms with Crippen molar-refractivity contribution in [1.82, 2.24) is 15.0 Å². The molecule has 2 aromatic heterocycles. The Morgan fingerprint density at radius 2 is 2.12 bits per heavy atom. The van der Waals surface area contributed by atoms with Crippen molar-refractivity contribution in [3.05, 3.63) is 34.9 Å². The fraction of sp³-hybridized carbons (Fsp3) is 0.200. The van der Waals surface area contributed by atoms with E-state index in [2.05, 4.69) is 20.3 Å². The van der Waals surface area contributed by atoms with Gasteiger partial charge in [0.15, 0.2) is 11.7 Å². The smallest absolute Gasteiger partial charge is 0.294 e. The zero-order valence-corrected chi connectivity index (χ0v) is 9.95. The van der Waals surface area contributed by atoms with Gasteiger partial charge < -0.3 is 9.73 Å². The van der Waals surface area contributed by atoms with Crippen LogP contribution in [0.2, 0.25) is 5.15 Å². The number of hydrogen-bond acceptors (Lipinski definition) is 5. The maximum Gasteiger partial charge on any atom is 0.294 e. The maximum atomic E-state index is 11.8. The molecule has 17 heavy (non-hydrogen) atoms. The molecule has 7 heteroatoms. The van der Waals surface area contributed by atoms with Gasteiger partial charge >= 0.3 is 0 Å². The topological polar surface area (TPSA) is 80.9 Å². The predicted octanol–water partition coefficient (Wildman–Crippen LogP) is 1.99. The van der Waals surface area contributed by atoms with Crippen LogP contribution >= 0.6 is 11.6 Å². The van der Waals surface area contributed by atoms with E-state index in [1.165, 1.54) is 12.4 Å². The van der Waals surface area contributed by atoms with Crippen LogP contribution in [0.15, 0.2) is 16.8 Å². The standard InChI is InChI=1S/C10H9ClN4O2/c1-5-9(17-6(2)13-5)10(16)15-8-4-12-3-7(11)14-8/h3-4H,1-2H3,(H,14,15,16). The van der Waals surface area contributed by atoms with Gasteiger partial charge in [-0.25, -0.2) is 9.97 Å². The Balaban J connectivity index is 2.20.